The van der Waals surface area contributed by atoms with Crippen LogP contribution >= 0.6 is 0 Å². The molecule has 0 heteroatoms. The average Bonchev–Trinajstić information content (AvgIpc) is 3.26. The number of unbranched alkanes of at least 4 members (excludes halogenated alkanes) is 10. The molecule has 0 aromatic heterocycles. The maximum absolute atomic E-state index is 2.49. The Morgan fingerprint density at radius 2 is 0.583 bits per heavy atom. The summed E-state index contributed by atoms with van der Waals surface area (Å²) >= 11 is 0. The van der Waals surface area contributed by atoms with Crippen molar-refractivity contribution < 1.29 is 0 Å². The highest BCUT2D eigenvalue weighted by atomic mass is 14.3. The standard InChI is InChI=1S/C60H66/c1-7-9-11-13-15-19-31-59(3,4)51-37-45-27-23-41-33-49(34-42-24-28-46(38-51)57(45)55(41)42)53-21-17-18-22-54(53)50-35-43-25-29-47-39-52(60(5,6)32-20-16-14-12-10-8-2)40-48-30-26-44(36-50)56(43)58(47)48/h17-18,21-30,33-40H,7-16,19-20,31-32H2,1-6H3. The van der Waals surface area contributed by atoms with Crippen molar-refractivity contribution in [1.82, 2.24) is 0 Å². The molecule has 9 aromatic carbocycles. The first kappa shape index (κ1) is 40.5. The predicted octanol–water partition coefficient (Wildman–Crippen LogP) is 18.9. The molecule has 0 atom stereocenters. The molecule has 0 radical (unpaired) electrons. The summed E-state index contributed by atoms with van der Waals surface area (Å²) < 4.78 is 0. The zero-order valence-electron chi connectivity index (χ0n) is 37.4. The molecule has 0 saturated heterocycles. The van der Waals surface area contributed by atoms with Crippen molar-refractivity contribution in [3.05, 3.63) is 132 Å². The Labute approximate surface area is 360 Å². The lowest BCUT2D eigenvalue weighted by Gasteiger charge is -2.27. The highest BCUT2D eigenvalue weighted by molar-refractivity contribution is 6.25. The van der Waals surface area contributed by atoms with Crippen LogP contribution in [0.1, 0.15) is 143 Å². The van der Waals surface area contributed by atoms with Gasteiger partial charge in [0.2, 0.25) is 0 Å². The van der Waals surface area contributed by atoms with Gasteiger partial charge in [-0.25, -0.2) is 0 Å². The normalized spacial score (nSPS) is 12.8. The third-order valence-electron chi connectivity index (χ3n) is 14.5. The van der Waals surface area contributed by atoms with Crippen LogP contribution < -0.4 is 0 Å². The van der Waals surface area contributed by atoms with Crippen molar-refractivity contribution >= 4 is 64.6 Å². The predicted molar refractivity (Wildman–Crippen MR) is 267 cm³/mol. The maximum atomic E-state index is 2.49. The Kier molecular flexibility index (Phi) is 11.4. The van der Waals surface area contributed by atoms with E-state index in [0.29, 0.717) is 0 Å². The van der Waals surface area contributed by atoms with Gasteiger partial charge in [-0.05, 0) is 146 Å². The molecular formula is C60H66. The molecular weight excluding hydrogens is 721 g/mol. The molecule has 0 fully saturated rings. The summed E-state index contributed by atoms with van der Waals surface area (Å²) in [6.45, 7) is 14.4. The van der Waals surface area contributed by atoms with Crippen LogP contribution in [0.15, 0.2) is 121 Å². The summed E-state index contributed by atoms with van der Waals surface area (Å²) in [5.74, 6) is 0. The van der Waals surface area contributed by atoms with Gasteiger partial charge in [-0.2, -0.15) is 0 Å². The Hall–Kier alpha value is -4.94. The molecule has 0 amide bonds. The van der Waals surface area contributed by atoms with Gasteiger partial charge >= 0.3 is 0 Å². The minimum absolute atomic E-state index is 0.159. The van der Waals surface area contributed by atoms with Crippen LogP contribution in [-0.4, -0.2) is 0 Å². The number of hydrogen-bond donors (Lipinski definition) is 0. The van der Waals surface area contributed by atoms with E-state index < -0.39 is 0 Å². The van der Waals surface area contributed by atoms with E-state index in [1.54, 1.807) is 0 Å². The van der Waals surface area contributed by atoms with Gasteiger partial charge in [0.15, 0.2) is 0 Å². The van der Waals surface area contributed by atoms with Crippen LogP contribution in [0.25, 0.3) is 86.9 Å². The van der Waals surface area contributed by atoms with Crippen molar-refractivity contribution in [3.8, 4) is 22.3 Å². The van der Waals surface area contributed by atoms with Gasteiger partial charge in [0.1, 0.15) is 0 Å². The molecule has 0 spiro atoms. The summed E-state index contributed by atoms with van der Waals surface area (Å²) in [6.07, 6.45) is 18.6. The zero-order valence-corrected chi connectivity index (χ0v) is 37.4. The summed E-state index contributed by atoms with van der Waals surface area (Å²) in [4.78, 5) is 0. The first-order valence-electron chi connectivity index (χ1n) is 23.7. The molecule has 0 aliphatic rings. The largest absolute Gasteiger partial charge is 0.0654 e. The van der Waals surface area contributed by atoms with Crippen molar-refractivity contribution in [1.29, 1.82) is 0 Å². The van der Waals surface area contributed by atoms with E-state index >= 15 is 0 Å². The zero-order chi connectivity index (χ0) is 41.4. The fourth-order valence-electron chi connectivity index (χ4n) is 10.7. The van der Waals surface area contributed by atoms with Crippen molar-refractivity contribution in [2.45, 2.75) is 142 Å². The topological polar surface area (TPSA) is 0 Å². The smallest absolute Gasteiger partial charge is 0.00264 e. The molecule has 0 saturated carbocycles. The lowest BCUT2D eigenvalue weighted by molar-refractivity contribution is 0.443. The van der Waals surface area contributed by atoms with Gasteiger partial charge in [0, 0.05) is 0 Å². The molecule has 0 unspecified atom stereocenters. The second kappa shape index (κ2) is 16.8. The molecule has 0 bridgehead atoms. The first-order valence-corrected chi connectivity index (χ1v) is 23.7. The molecule has 0 aliphatic heterocycles. The average molecular weight is 787 g/mol. The second-order valence-corrected chi connectivity index (χ2v) is 19.8. The SMILES string of the molecule is CCCCCCCCC(C)(C)c1cc2ccc3cc(-c4ccccc4-c4cc5ccc6cc(C(C)(C)CCCCCCCC)cc7ccc(c4)c5c67)cc4ccc(c1)c2c34. The number of benzene rings is 9. The van der Waals surface area contributed by atoms with E-state index in [1.165, 1.54) is 188 Å². The number of rotatable bonds is 18. The van der Waals surface area contributed by atoms with Gasteiger partial charge in [0.05, 0.1) is 0 Å². The summed E-state index contributed by atoms with van der Waals surface area (Å²) in [5, 5.41) is 16.3. The Morgan fingerprint density at radius 1 is 0.317 bits per heavy atom. The number of hydrogen-bond acceptors (Lipinski definition) is 0. The minimum Gasteiger partial charge on any atom is -0.0654 e. The van der Waals surface area contributed by atoms with E-state index in [0.717, 1.165) is 0 Å². The quantitative estimate of drug-likeness (QED) is 0.0600. The third-order valence-corrected chi connectivity index (χ3v) is 14.5. The Morgan fingerprint density at radius 3 is 0.883 bits per heavy atom. The first-order chi connectivity index (χ1) is 29.1. The monoisotopic (exact) mass is 787 g/mol. The van der Waals surface area contributed by atoms with Crippen LogP contribution in [0, 0.1) is 0 Å². The molecule has 0 nitrogen and oxygen atoms in total. The van der Waals surface area contributed by atoms with Crippen molar-refractivity contribution in [2.75, 3.05) is 0 Å². The van der Waals surface area contributed by atoms with Crippen LogP contribution in [0.5, 0.6) is 0 Å². The van der Waals surface area contributed by atoms with E-state index in [9.17, 15) is 0 Å². The van der Waals surface area contributed by atoms with E-state index in [-0.39, 0.29) is 10.8 Å². The molecule has 0 aliphatic carbocycles. The second-order valence-electron chi connectivity index (χ2n) is 19.8. The third kappa shape index (κ3) is 7.77. The van der Waals surface area contributed by atoms with Crippen LogP contribution in [0.2, 0.25) is 0 Å². The van der Waals surface area contributed by atoms with Gasteiger partial charge in [0.25, 0.3) is 0 Å². The van der Waals surface area contributed by atoms with E-state index in [1.807, 2.05) is 0 Å². The molecule has 0 N–H and O–H groups in total. The van der Waals surface area contributed by atoms with Crippen LogP contribution in [-0.2, 0) is 10.8 Å². The molecule has 9 rings (SSSR count). The highest BCUT2D eigenvalue weighted by Crippen LogP contribution is 2.45. The van der Waals surface area contributed by atoms with Crippen LogP contribution in [0.3, 0.4) is 0 Å². The van der Waals surface area contributed by atoms with E-state index in [4.69, 9.17) is 0 Å². The van der Waals surface area contributed by atoms with Crippen LogP contribution in [0.4, 0.5) is 0 Å². The summed E-state index contributed by atoms with van der Waals surface area (Å²) in [6, 6.07) is 47.7. The van der Waals surface area contributed by atoms with Gasteiger partial charge in [-0.1, -0.05) is 216 Å². The van der Waals surface area contributed by atoms with E-state index in [2.05, 4.69) is 163 Å². The molecule has 0 heterocycles. The summed E-state index contributed by atoms with van der Waals surface area (Å²) in [5.41, 5.74) is 8.38. The minimum atomic E-state index is 0.159. The molecule has 9 aromatic rings. The fraction of sp³-hybridized carbons (Fsp3) is 0.367. The lowest BCUT2D eigenvalue weighted by atomic mass is 9.78. The Bertz CT molecular complexity index is 2570. The Balaban J connectivity index is 1.03. The maximum Gasteiger partial charge on any atom is -0.00264 e. The highest BCUT2D eigenvalue weighted by Gasteiger charge is 2.24. The lowest BCUT2D eigenvalue weighted by Crippen LogP contribution is -2.17. The molecule has 60 heavy (non-hydrogen) atoms. The van der Waals surface area contributed by atoms with Crippen molar-refractivity contribution in [3.63, 3.8) is 0 Å². The van der Waals surface area contributed by atoms with Gasteiger partial charge in [-0.15, -0.1) is 0 Å². The molecule has 306 valence electrons. The summed E-state index contributed by atoms with van der Waals surface area (Å²) in [7, 11) is 0. The van der Waals surface area contributed by atoms with Gasteiger partial charge in [-0.3, -0.25) is 0 Å². The van der Waals surface area contributed by atoms with Crippen molar-refractivity contribution in [2.24, 2.45) is 0 Å². The van der Waals surface area contributed by atoms with Gasteiger partial charge < -0.3 is 0 Å². The fourth-order valence-corrected chi connectivity index (χ4v) is 10.7.